The third-order valence-electron chi connectivity index (χ3n) is 3.31. The lowest BCUT2D eigenvalue weighted by Gasteiger charge is -2.26. The Bertz CT molecular complexity index is 252. The van der Waals surface area contributed by atoms with Crippen molar-refractivity contribution in [2.45, 2.75) is 52.5 Å². The summed E-state index contributed by atoms with van der Waals surface area (Å²) in [4.78, 5) is 0. The first-order valence-corrected chi connectivity index (χ1v) is 6.56. The molecule has 0 spiro atoms. The number of hydrogen-bond acceptors (Lipinski definition) is 2. The van der Waals surface area contributed by atoms with Crippen LogP contribution in [0.1, 0.15) is 45.6 Å². The highest BCUT2D eigenvalue weighted by Gasteiger charge is 2.18. The van der Waals surface area contributed by atoms with E-state index in [2.05, 4.69) is 32.2 Å². The van der Waals surface area contributed by atoms with Gasteiger partial charge in [0.25, 0.3) is 0 Å². The number of furan rings is 1. The van der Waals surface area contributed by atoms with E-state index in [4.69, 9.17) is 4.42 Å². The predicted molar refractivity (Wildman–Crippen MR) is 68.6 cm³/mol. The molecule has 1 aromatic heterocycles. The molecule has 0 aromatic carbocycles. The van der Waals surface area contributed by atoms with Crippen molar-refractivity contribution < 1.29 is 4.42 Å². The van der Waals surface area contributed by atoms with Crippen LogP contribution < -0.4 is 5.32 Å². The Morgan fingerprint density at radius 1 is 1.25 bits per heavy atom. The monoisotopic (exact) mass is 223 g/mol. The van der Waals surface area contributed by atoms with Crippen LogP contribution in [0.15, 0.2) is 23.0 Å². The van der Waals surface area contributed by atoms with Gasteiger partial charge in [0.2, 0.25) is 0 Å². The summed E-state index contributed by atoms with van der Waals surface area (Å²) in [6.07, 6.45) is 8.40. The third kappa shape index (κ3) is 4.01. The van der Waals surface area contributed by atoms with E-state index in [9.17, 15) is 0 Å². The molecule has 2 heteroatoms. The van der Waals surface area contributed by atoms with Gasteiger partial charge in [-0.1, -0.05) is 33.6 Å². The lowest BCUT2D eigenvalue weighted by atomic mass is 9.90. The zero-order chi connectivity index (χ0) is 11.8. The van der Waals surface area contributed by atoms with E-state index in [0.717, 1.165) is 18.9 Å². The standard InChI is InChI=1S/C14H25NO/c1-4-8-15-14(13(5-2)6-3)10-12-7-9-16-11-12/h7,9,11,13-15H,4-6,8,10H2,1-3H3. The van der Waals surface area contributed by atoms with Gasteiger partial charge in [-0.3, -0.25) is 0 Å². The molecule has 0 aliphatic carbocycles. The molecule has 1 N–H and O–H groups in total. The molecule has 1 rings (SSSR count). The van der Waals surface area contributed by atoms with Crippen LogP contribution in [0.25, 0.3) is 0 Å². The van der Waals surface area contributed by atoms with Gasteiger partial charge in [0.15, 0.2) is 0 Å². The van der Waals surface area contributed by atoms with Gasteiger partial charge in [0.1, 0.15) is 0 Å². The fourth-order valence-corrected chi connectivity index (χ4v) is 2.26. The number of nitrogens with one attached hydrogen (secondary N) is 1. The molecule has 2 nitrogen and oxygen atoms in total. The Morgan fingerprint density at radius 2 is 2.00 bits per heavy atom. The average molecular weight is 223 g/mol. The summed E-state index contributed by atoms with van der Waals surface area (Å²) in [6.45, 7) is 7.89. The van der Waals surface area contributed by atoms with Crippen LogP contribution in [-0.4, -0.2) is 12.6 Å². The first-order chi connectivity index (χ1) is 7.81. The Morgan fingerprint density at radius 3 is 2.50 bits per heavy atom. The predicted octanol–water partition coefficient (Wildman–Crippen LogP) is 3.63. The molecule has 1 atom stereocenters. The number of hydrogen-bond donors (Lipinski definition) is 1. The van der Waals surface area contributed by atoms with Crippen molar-refractivity contribution in [2.75, 3.05) is 6.54 Å². The van der Waals surface area contributed by atoms with Crippen molar-refractivity contribution in [1.29, 1.82) is 0 Å². The maximum absolute atomic E-state index is 5.14. The molecule has 0 bridgehead atoms. The van der Waals surface area contributed by atoms with E-state index in [1.54, 1.807) is 6.26 Å². The molecule has 0 saturated carbocycles. The van der Waals surface area contributed by atoms with Gasteiger partial charge in [0.05, 0.1) is 12.5 Å². The number of rotatable bonds is 8. The van der Waals surface area contributed by atoms with Crippen LogP contribution in [0.3, 0.4) is 0 Å². The van der Waals surface area contributed by atoms with Crippen molar-refractivity contribution in [2.24, 2.45) is 5.92 Å². The third-order valence-corrected chi connectivity index (χ3v) is 3.31. The maximum atomic E-state index is 5.14. The zero-order valence-electron chi connectivity index (χ0n) is 10.8. The molecule has 0 radical (unpaired) electrons. The van der Waals surface area contributed by atoms with E-state index >= 15 is 0 Å². The Hall–Kier alpha value is -0.760. The summed E-state index contributed by atoms with van der Waals surface area (Å²) in [6, 6.07) is 2.66. The van der Waals surface area contributed by atoms with Crippen LogP contribution in [0.4, 0.5) is 0 Å². The van der Waals surface area contributed by atoms with E-state index in [0.29, 0.717) is 6.04 Å². The van der Waals surface area contributed by atoms with Gasteiger partial charge in [0, 0.05) is 6.04 Å². The molecular weight excluding hydrogens is 198 g/mol. The molecule has 0 fully saturated rings. The summed E-state index contributed by atoms with van der Waals surface area (Å²) in [7, 11) is 0. The van der Waals surface area contributed by atoms with Crippen molar-refractivity contribution >= 4 is 0 Å². The van der Waals surface area contributed by atoms with Gasteiger partial charge >= 0.3 is 0 Å². The van der Waals surface area contributed by atoms with E-state index in [1.807, 2.05) is 6.26 Å². The van der Waals surface area contributed by atoms with Crippen LogP contribution >= 0.6 is 0 Å². The molecular formula is C14H25NO. The highest BCUT2D eigenvalue weighted by molar-refractivity contribution is 5.07. The van der Waals surface area contributed by atoms with Gasteiger partial charge < -0.3 is 9.73 Å². The Kier molecular flexibility index (Phi) is 6.24. The highest BCUT2D eigenvalue weighted by Crippen LogP contribution is 2.17. The molecule has 0 aliphatic heterocycles. The van der Waals surface area contributed by atoms with E-state index in [-0.39, 0.29) is 0 Å². The lowest BCUT2D eigenvalue weighted by molar-refractivity contribution is 0.331. The summed E-state index contributed by atoms with van der Waals surface area (Å²) >= 11 is 0. The second-order valence-electron chi connectivity index (χ2n) is 4.47. The van der Waals surface area contributed by atoms with E-state index in [1.165, 1.54) is 24.8 Å². The minimum atomic E-state index is 0.590. The second-order valence-corrected chi connectivity index (χ2v) is 4.47. The van der Waals surface area contributed by atoms with Crippen LogP contribution in [0.2, 0.25) is 0 Å². The van der Waals surface area contributed by atoms with Crippen molar-refractivity contribution in [3.63, 3.8) is 0 Å². The molecule has 1 aromatic rings. The molecule has 16 heavy (non-hydrogen) atoms. The summed E-state index contributed by atoms with van der Waals surface area (Å²) < 4.78 is 5.14. The van der Waals surface area contributed by atoms with Gasteiger partial charge in [-0.2, -0.15) is 0 Å². The Balaban J connectivity index is 2.55. The van der Waals surface area contributed by atoms with Crippen molar-refractivity contribution in [1.82, 2.24) is 5.32 Å². The Labute approximate surface area is 99.4 Å². The molecule has 1 unspecified atom stereocenters. The van der Waals surface area contributed by atoms with E-state index < -0.39 is 0 Å². The van der Waals surface area contributed by atoms with Gasteiger partial charge in [-0.05, 0) is 36.9 Å². The summed E-state index contributed by atoms with van der Waals surface area (Å²) in [5.74, 6) is 0.765. The molecule has 0 aliphatic rings. The summed E-state index contributed by atoms with van der Waals surface area (Å²) in [5.41, 5.74) is 1.31. The van der Waals surface area contributed by atoms with Crippen LogP contribution in [-0.2, 0) is 6.42 Å². The minimum absolute atomic E-state index is 0.590. The fraction of sp³-hybridized carbons (Fsp3) is 0.714. The van der Waals surface area contributed by atoms with Crippen molar-refractivity contribution in [3.8, 4) is 0 Å². The molecule has 92 valence electrons. The van der Waals surface area contributed by atoms with Crippen LogP contribution in [0, 0.1) is 5.92 Å². The largest absolute Gasteiger partial charge is 0.472 e. The fourth-order valence-electron chi connectivity index (χ4n) is 2.26. The maximum Gasteiger partial charge on any atom is 0.0935 e. The first-order valence-electron chi connectivity index (χ1n) is 6.56. The molecule has 0 saturated heterocycles. The quantitative estimate of drug-likeness (QED) is 0.728. The molecule has 0 amide bonds. The van der Waals surface area contributed by atoms with Crippen LogP contribution in [0.5, 0.6) is 0 Å². The lowest BCUT2D eigenvalue weighted by Crippen LogP contribution is -2.38. The van der Waals surface area contributed by atoms with Gasteiger partial charge in [-0.25, -0.2) is 0 Å². The normalized spacial score (nSPS) is 13.2. The minimum Gasteiger partial charge on any atom is -0.472 e. The first kappa shape index (κ1) is 13.3. The summed E-state index contributed by atoms with van der Waals surface area (Å²) in [5, 5.41) is 3.67. The highest BCUT2D eigenvalue weighted by atomic mass is 16.3. The second kappa shape index (κ2) is 7.50. The average Bonchev–Trinajstić information content (AvgIpc) is 2.80. The topological polar surface area (TPSA) is 25.2 Å². The van der Waals surface area contributed by atoms with Gasteiger partial charge in [-0.15, -0.1) is 0 Å². The molecule has 1 heterocycles. The SMILES string of the molecule is CCCNC(Cc1ccoc1)C(CC)CC. The smallest absolute Gasteiger partial charge is 0.0935 e. The van der Waals surface area contributed by atoms with Crippen molar-refractivity contribution in [3.05, 3.63) is 24.2 Å². The zero-order valence-corrected chi connectivity index (χ0v) is 10.8.